The van der Waals surface area contributed by atoms with Crippen molar-refractivity contribution in [3.05, 3.63) is 53.3 Å². The molecule has 2 aromatic rings. The predicted molar refractivity (Wildman–Crippen MR) is 113 cm³/mol. The van der Waals surface area contributed by atoms with Crippen molar-refractivity contribution >= 4 is 17.3 Å². The molecule has 0 aliphatic carbocycles. The highest BCUT2D eigenvalue weighted by Gasteiger charge is 2.18. The molecule has 1 fully saturated rings. The minimum Gasteiger partial charge on any atom is -0.376 e. The summed E-state index contributed by atoms with van der Waals surface area (Å²) in [5.74, 6) is 0.634. The molecule has 1 aliphatic rings. The zero-order chi connectivity index (χ0) is 20.1. The molecule has 0 bridgehead atoms. The number of hydrogen-bond acceptors (Lipinski definition) is 4. The number of amides is 1. The lowest BCUT2D eigenvalue weighted by Gasteiger charge is -2.21. The van der Waals surface area contributed by atoms with E-state index >= 15 is 0 Å². The van der Waals surface area contributed by atoms with Gasteiger partial charge in [-0.05, 0) is 47.9 Å². The summed E-state index contributed by atoms with van der Waals surface area (Å²) in [6.45, 7) is 10.1. The van der Waals surface area contributed by atoms with E-state index in [-0.39, 0.29) is 12.0 Å². The van der Waals surface area contributed by atoms with Crippen molar-refractivity contribution in [2.45, 2.75) is 58.5 Å². The monoisotopic (exact) mass is 381 g/mol. The van der Waals surface area contributed by atoms with Gasteiger partial charge in [0, 0.05) is 30.7 Å². The topological polar surface area (TPSA) is 63.2 Å². The molecule has 1 saturated heterocycles. The average Bonchev–Trinajstić information content (AvgIpc) is 3.19. The van der Waals surface area contributed by atoms with Crippen LogP contribution < -0.4 is 10.6 Å². The third-order valence-corrected chi connectivity index (χ3v) is 5.15. The van der Waals surface area contributed by atoms with Crippen LogP contribution in [0.1, 0.15) is 74.0 Å². The van der Waals surface area contributed by atoms with Gasteiger partial charge in [0.1, 0.15) is 5.69 Å². The Morgan fingerprint density at radius 1 is 1.18 bits per heavy atom. The van der Waals surface area contributed by atoms with E-state index in [1.165, 1.54) is 11.1 Å². The van der Waals surface area contributed by atoms with Gasteiger partial charge >= 0.3 is 0 Å². The number of para-hydroxylation sites is 1. The summed E-state index contributed by atoms with van der Waals surface area (Å²) in [6, 6.07) is 10.2. The molecule has 0 spiro atoms. The van der Waals surface area contributed by atoms with E-state index in [4.69, 9.17) is 4.74 Å². The normalized spacial score (nSPS) is 16.6. The molecule has 2 N–H and O–H groups in total. The summed E-state index contributed by atoms with van der Waals surface area (Å²) >= 11 is 0. The summed E-state index contributed by atoms with van der Waals surface area (Å²) in [7, 11) is 0. The largest absolute Gasteiger partial charge is 0.376 e. The Labute approximate surface area is 167 Å². The van der Waals surface area contributed by atoms with Crippen LogP contribution >= 0.6 is 0 Å². The fraction of sp³-hybridized carbons (Fsp3) is 0.478. The number of anilines is 2. The van der Waals surface area contributed by atoms with E-state index in [1.807, 2.05) is 12.1 Å². The van der Waals surface area contributed by atoms with E-state index in [1.54, 1.807) is 6.20 Å². The summed E-state index contributed by atoms with van der Waals surface area (Å²) in [5, 5.41) is 6.49. The number of ether oxygens (including phenoxy) is 1. The van der Waals surface area contributed by atoms with Crippen LogP contribution in [0.15, 0.2) is 36.5 Å². The maximum atomic E-state index is 12.5. The van der Waals surface area contributed by atoms with Gasteiger partial charge in [0.25, 0.3) is 5.91 Å². The van der Waals surface area contributed by atoms with E-state index in [0.29, 0.717) is 24.1 Å². The molecule has 1 amide bonds. The molecular weight excluding hydrogens is 350 g/mol. The van der Waals surface area contributed by atoms with Gasteiger partial charge in [-0.15, -0.1) is 0 Å². The van der Waals surface area contributed by atoms with Crippen LogP contribution in [0.5, 0.6) is 0 Å². The molecule has 28 heavy (non-hydrogen) atoms. The second kappa shape index (κ2) is 9.20. The number of pyridine rings is 1. The third-order valence-electron chi connectivity index (χ3n) is 5.15. The van der Waals surface area contributed by atoms with E-state index in [0.717, 1.165) is 30.8 Å². The maximum Gasteiger partial charge on any atom is 0.270 e. The standard InChI is InChI=1S/C23H31N3O2/c1-15(2)19-8-5-9-20(16(3)4)22(19)26-17-10-11-24-21(13-17)23(27)25-14-18-7-6-12-28-18/h5,8-11,13,15-16,18H,6-7,12,14H2,1-4H3,(H,24,26)(H,25,27). The third kappa shape index (κ3) is 4.90. The number of hydrogen-bond donors (Lipinski definition) is 2. The first kappa shape index (κ1) is 20.3. The lowest BCUT2D eigenvalue weighted by atomic mass is 9.92. The van der Waals surface area contributed by atoms with Crippen LogP contribution in [0.25, 0.3) is 0 Å². The Bertz CT molecular complexity index is 785. The second-order valence-electron chi connectivity index (χ2n) is 8.02. The van der Waals surface area contributed by atoms with E-state index in [2.05, 4.69) is 61.5 Å². The number of carbonyl (C=O) groups excluding carboxylic acids is 1. The molecule has 5 nitrogen and oxygen atoms in total. The highest BCUT2D eigenvalue weighted by atomic mass is 16.5. The fourth-order valence-corrected chi connectivity index (χ4v) is 3.57. The van der Waals surface area contributed by atoms with Crippen molar-refractivity contribution in [2.24, 2.45) is 0 Å². The predicted octanol–water partition coefficient (Wildman–Crippen LogP) is 4.98. The molecule has 1 aliphatic heterocycles. The summed E-state index contributed by atoms with van der Waals surface area (Å²) < 4.78 is 5.57. The van der Waals surface area contributed by atoms with Crippen LogP contribution in [0.3, 0.4) is 0 Å². The molecule has 1 aromatic carbocycles. The molecule has 1 unspecified atom stereocenters. The van der Waals surface area contributed by atoms with Crippen molar-refractivity contribution in [2.75, 3.05) is 18.5 Å². The van der Waals surface area contributed by atoms with Crippen molar-refractivity contribution in [3.63, 3.8) is 0 Å². The Morgan fingerprint density at radius 3 is 2.50 bits per heavy atom. The van der Waals surface area contributed by atoms with Gasteiger partial charge in [-0.25, -0.2) is 0 Å². The lowest BCUT2D eigenvalue weighted by Crippen LogP contribution is -2.32. The van der Waals surface area contributed by atoms with Crippen molar-refractivity contribution < 1.29 is 9.53 Å². The molecule has 0 saturated carbocycles. The minimum atomic E-state index is -0.166. The Morgan fingerprint density at radius 2 is 1.89 bits per heavy atom. The molecule has 0 radical (unpaired) electrons. The summed E-state index contributed by atoms with van der Waals surface area (Å²) in [4.78, 5) is 16.7. The summed E-state index contributed by atoms with van der Waals surface area (Å²) in [6.07, 6.45) is 3.86. The zero-order valence-electron chi connectivity index (χ0n) is 17.3. The van der Waals surface area contributed by atoms with Crippen LogP contribution in [0, 0.1) is 0 Å². The van der Waals surface area contributed by atoms with Gasteiger partial charge in [-0.2, -0.15) is 0 Å². The van der Waals surface area contributed by atoms with E-state index < -0.39 is 0 Å². The molecule has 150 valence electrons. The van der Waals surface area contributed by atoms with Crippen LogP contribution in [0.2, 0.25) is 0 Å². The van der Waals surface area contributed by atoms with Crippen molar-refractivity contribution in [3.8, 4) is 0 Å². The Kier molecular flexibility index (Phi) is 6.68. The molecule has 5 heteroatoms. The van der Waals surface area contributed by atoms with Gasteiger partial charge in [0.2, 0.25) is 0 Å². The van der Waals surface area contributed by atoms with E-state index in [9.17, 15) is 4.79 Å². The number of benzene rings is 1. The fourth-order valence-electron chi connectivity index (χ4n) is 3.57. The summed E-state index contributed by atoms with van der Waals surface area (Å²) in [5.41, 5.74) is 4.95. The number of carbonyl (C=O) groups is 1. The van der Waals surface area contributed by atoms with Crippen LogP contribution in [0.4, 0.5) is 11.4 Å². The minimum absolute atomic E-state index is 0.122. The van der Waals surface area contributed by atoms with Gasteiger partial charge in [-0.1, -0.05) is 45.9 Å². The van der Waals surface area contributed by atoms with Gasteiger partial charge in [-0.3, -0.25) is 9.78 Å². The molecular formula is C23H31N3O2. The number of nitrogens with one attached hydrogen (secondary N) is 2. The van der Waals surface area contributed by atoms with Crippen molar-refractivity contribution in [1.82, 2.24) is 10.3 Å². The first-order chi connectivity index (χ1) is 13.5. The quantitative estimate of drug-likeness (QED) is 0.710. The number of rotatable bonds is 7. The molecule has 2 heterocycles. The average molecular weight is 382 g/mol. The first-order valence-corrected chi connectivity index (χ1v) is 10.2. The highest BCUT2D eigenvalue weighted by molar-refractivity contribution is 5.93. The SMILES string of the molecule is CC(C)c1cccc(C(C)C)c1Nc1ccnc(C(=O)NCC2CCCO2)c1. The molecule has 3 rings (SSSR count). The Balaban J connectivity index is 1.78. The second-order valence-corrected chi connectivity index (χ2v) is 8.02. The van der Waals surface area contributed by atoms with Crippen LogP contribution in [-0.4, -0.2) is 30.1 Å². The highest BCUT2D eigenvalue weighted by Crippen LogP contribution is 2.34. The Hall–Kier alpha value is -2.40. The smallest absolute Gasteiger partial charge is 0.270 e. The van der Waals surface area contributed by atoms with Gasteiger partial charge in [0.05, 0.1) is 6.10 Å². The van der Waals surface area contributed by atoms with Gasteiger partial charge < -0.3 is 15.4 Å². The first-order valence-electron chi connectivity index (χ1n) is 10.2. The number of aromatic nitrogens is 1. The van der Waals surface area contributed by atoms with Crippen molar-refractivity contribution in [1.29, 1.82) is 0 Å². The maximum absolute atomic E-state index is 12.5. The lowest BCUT2D eigenvalue weighted by molar-refractivity contribution is 0.0854. The molecule has 1 atom stereocenters. The zero-order valence-corrected chi connectivity index (χ0v) is 17.3. The number of nitrogens with zero attached hydrogens (tertiary/aromatic N) is 1. The van der Waals surface area contributed by atoms with Gasteiger partial charge in [0.15, 0.2) is 0 Å². The van der Waals surface area contributed by atoms with Crippen LogP contribution in [-0.2, 0) is 4.74 Å². The molecule has 1 aromatic heterocycles.